The summed E-state index contributed by atoms with van der Waals surface area (Å²) in [5, 5.41) is 5.42. The molecule has 15 heavy (non-hydrogen) atoms. The summed E-state index contributed by atoms with van der Waals surface area (Å²) in [4.78, 5) is 1.23. The Morgan fingerprint density at radius 3 is 3.00 bits per heavy atom. The van der Waals surface area contributed by atoms with Crippen LogP contribution < -0.4 is 5.73 Å². The standard InChI is InChI=1S/C11H14N3S/c1-3-11(12)14-10-6-9(15-2)5-4-8(10)7-13-14/h3-7,11H,12H2,1-2H3. The zero-order valence-corrected chi connectivity index (χ0v) is 9.66. The van der Waals surface area contributed by atoms with E-state index < -0.39 is 0 Å². The Hall–Kier alpha value is -1.00. The molecule has 0 amide bonds. The molecular weight excluding hydrogens is 206 g/mol. The van der Waals surface area contributed by atoms with Crippen LogP contribution in [0.4, 0.5) is 0 Å². The third-order valence-electron chi connectivity index (χ3n) is 2.43. The normalized spacial score (nSPS) is 13.3. The summed E-state index contributed by atoms with van der Waals surface area (Å²) in [5.74, 6) is 0. The van der Waals surface area contributed by atoms with Crippen LogP contribution in [0, 0.1) is 6.42 Å². The molecule has 0 fully saturated rings. The number of hydrogen-bond acceptors (Lipinski definition) is 3. The molecule has 0 aliphatic heterocycles. The molecule has 0 spiro atoms. The fourth-order valence-corrected chi connectivity index (χ4v) is 1.96. The van der Waals surface area contributed by atoms with Crippen LogP contribution in [0.2, 0.25) is 0 Å². The van der Waals surface area contributed by atoms with Crippen molar-refractivity contribution in [2.75, 3.05) is 6.26 Å². The lowest BCUT2D eigenvalue weighted by molar-refractivity contribution is 0.544. The predicted octanol–water partition coefficient (Wildman–Crippen LogP) is 2.44. The minimum atomic E-state index is -0.153. The fourth-order valence-electron chi connectivity index (χ4n) is 1.52. The van der Waals surface area contributed by atoms with Crippen molar-refractivity contribution < 1.29 is 0 Å². The number of thioether (sulfide) groups is 1. The average molecular weight is 220 g/mol. The second-order valence-corrected chi connectivity index (χ2v) is 4.22. The Labute approximate surface area is 93.6 Å². The summed E-state index contributed by atoms with van der Waals surface area (Å²) in [6, 6.07) is 6.30. The number of aromatic nitrogens is 2. The Morgan fingerprint density at radius 2 is 2.33 bits per heavy atom. The molecule has 1 aromatic heterocycles. The maximum absolute atomic E-state index is 5.93. The van der Waals surface area contributed by atoms with Gasteiger partial charge in [0.25, 0.3) is 0 Å². The first-order valence-electron chi connectivity index (χ1n) is 4.82. The smallest absolute Gasteiger partial charge is 0.102 e. The van der Waals surface area contributed by atoms with Gasteiger partial charge in [0.05, 0.1) is 11.7 Å². The first kappa shape index (κ1) is 10.5. The third kappa shape index (κ3) is 1.87. The number of rotatable bonds is 3. The van der Waals surface area contributed by atoms with Crippen LogP contribution in [0.5, 0.6) is 0 Å². The van der Waals surface area contributed by atoms with Crippen molar-refractivity contribution in [2.24, 2.45) is 5.73 Å². The summed E-state index contributed by atoms with van der Waals surface area (Å²) >= 11 is 1.72. The Balaban J connectivity index is 2.56. The zero-order chi connectivity index (χ0) is 10.8. The van der Waals surface area contributed by atoms with E-state index in [4.69, 9.17) is 5.73 Å². The van der Waals surface area contributed by atoms with Crippen molar-refractivity contribution in [1.29, 1.82) is 0 Å². The lowest BCUT2D eigenvalue weighted by atomic mass is 10.2. The SMILES string of the molecule is C[CH]C(N)n1ncc2ccc(SC)cc21. The van der Waals surface area contributed by atoms with Crippen molar-refractivity contribution in [3.63, 3.8) is 0 Å². The maximum atomic E-state index is 5.93. The average Bonchev–Trinajstić information content (AvgIpc) is 2.70. The summed E-state index contributed by atoms with van der Waals surface area (Å²) < 4.78 is 1.84. The quantitative estimate of drug-likeness (QED) is 0.808. The molecule has 1 heterocycles. The van der Waals surface area contributed by atoms with Gasteiger partial charge in [0.2, 0.25) is 0 Å². The largest absolute Gasteiger partial charge is 0.309 e. The van der Waals surface area contributed by atoms with Gasteiger partial charge in [0, 0.05) is 10.3 Å². The fraction of sp³-hybridized carbons (Fsp3) is 0.273. The van der Waals surface area contributed by atoms with E-state index in [0.29, 0.717) is 0 Å². The second kappa shape index (κ2) is 4.24. The Bertz CT molecular complexity index is 464. The van der Waals surface area contributed by atoms with E-state index in [1.54, 1.807) is 11.8 Å². The molecule has 1 atom stereocenters. The monoisotopic (exact) mass is 220 g/mol. The summed E-state index contributed by atoms with van der Waals surface area (Å²) in [5.41, 5.74) is 7.02. The summed E-state index contributed by atoms with van der Waals surface area (Å²) in [6.07, 6.45) is 5.69. The highest BCUT2D eigenvalue weighted by Gasteiger charge is 2.08. The molecule has 1 unspecified atom stereocenters. The minimum Gasteiger partial charge on any atom is -0.309 e. The van der Waals surface area contributed by atoms with Crippen LogP contribution in [0.1, 0.15) is 13.1 Å². The Kier molecular flexibility index (Phi) is 2.98. The van der Waals surface area contributed by atoms with Crippen LogP contribution in [-0.4, -0.2) is 16.0 Å². The van der Waals surface area contributed by atoms with Crippen LogP contribution >= 0.6 is 11.8 Å². The van der Waals surface area contributed by atoms with Gasteiger partial charge in [0.15, 0.2) is 0 Å². The number of hydrogen-bond donors (Lipinski definition) is 1. The molecule has 2 aromatic rings. The number of benzene rings is 1. The van der Waals surface area contributed by atoms with Crippen molar-refractivity contribution in [3.05, 3.63) is 30.8 Å². The van der Waals surface area contributed by atoms with Gasteiger partial charge in [-0.2, -0.15) is 5.10 Å². The molecule has 4 heteroatoms. The molecule has 3 nitrogen and oxygen atoms in total. The first-order valence-corrected chi connectivity index (χ1v) is 6.05. The number of nitrogens with zero attached hydrogens (tertiary/aromatic N) is 2. The van der Waals surface area contributed by atoms with Gasteiger partial charge in [-0.1, -0.05) is 13.0 Å². The highest BCUT2D eigenvalue weighted by atomic mass is 32.2. The highest BCUT2D eigenvalue weighted by Crippen LogP contribution is 2.23. The van der Waals surface area contributed by atoms with Crippen molar-refractivity contribution in [3.8, 4) is 0 Å². The summed E-state index contributed by atoms with van der Waals surface area (Å²) in [7, 11) is 0. The van der Waals surface area contributed by atoms with E-state index in [-0.39, 0.29) is 6.17 Å². The molecule has 2 rings (SSSR count). The van der Waals surface area contributed by atoms with Crippen molar-refractivity contribution in [2.45, 2.75) is 18.0 Å². The summed E-state index contributed by atoms with van der Waals surface area (Å²) in [6.45, 7) is 1.94. The lowest BCUT2D eigenvalue weighted by Gasteiger charge is -2.10. The molecular formula is C11H14N3S. The molecule has 0 saturated carbocycles. The molecule has 0 saturated heterocycles. The van der Waals surface area contributed by atoms with E-state index in [1.807, 2.05) is 24.2 Å². The molecule has 79 valence electrons. The van der Waals surface area contributed by atoms with E-state index in [9.17, 15) is 0 Å². The lowest BCUT2D eigenvalue weighted by Crippen LogP contribution is -2.18. The molecule has 0 aliphatic rings. The van der Waals surface area contributed by atoms with Gasteiger partial charge in [-0.15, -0.1) is 11.8 Å². The number of nitrogens with two attached hydrogens (primary N) is 1. The van der Waals surface area contributed by atoms with Gasteiger partial charge >= 0.3 is 0 Å². The van der Waals surface area contributed by atoms with E-state index in [1.165, 1.54) is 4.90 Å². The third-order valence-corrected chi connectivity index (χ3v) is 3.15. The van der Waals surface area contributed by atoms with Gasteiger partial charge < -0.3 is 5.73 Å². The van der Waals surface area contributed by atoms with Gasteiger partial charge in [-0.05, 0) is 24.8 Å². The van der Waals surface area contributed by atoms with E-state index in [2.05, 4.69) is 29.6 Å². The molecule has 0 bridgehead atoms. The first-order chi connectivity index (χ1) is 7.26. The predicted molar refractivity (Wildman–Crippen MR) is 64.7 cm³/mol. The van der Waals surface area contributed by atoms with Gasteiger partial charge in [-0.3, -0.25) is 0 Å². The number of fused-ring (bicyclic) bond motifs is 1. The van der Waals surface area contributed by atoms with Crippen LogP contribution in [0.3, 0.4) is 0 Å². The van der Waals surface area contributed by atoms with Crippen LogP contribution in [0.15, 0.2) is 29.3 Å². The zero-order valence-electron chi connectivity index (χ0n) is 8.84. The van der Waals surface area contributed by atoms with E-state index in [0.717, 1.165) is 10.9 Å². The molecule has 1 aromatic carbocycles. The topological polar surface area (TPSA) is 43.8 Å². The Morgan fingerprint density at radius 1 is 1.53 bits per heavy atom. The van der Waals surface area contributed by atoms with Crippen LogP contribution in [0.25, 0.3) is 10.9 Å². The molecule has 1 radical (unpaired) electrons. The van der Waals surface area contributed by atoms with Gasteiger partial charge in [-0.25, -0.2) is 4.68 Å². The highest BCUT2D eigenvalue weighted by molar-refractivity contribution is 7.98. The van der Waals surface area contributed by atoms with Crippen LogP contribution in [-0.2, 0) is 0 Å². The minimum absolute atomic E-state index is 0.153. The van der Waals surface area contributed by atoms with Crippen molar-refractivity contribution in [1.82, 2.24) is 9.78 Å². The molecule has 0 aliphatic carbocycles. The maximum Gasteiger partial charge on any atom is 0.102 e. The van der Waals surface area contributed by atoms with Crippen molar-refractivity contribution >= 4 is 22.7 Å². The van der Waals surface area contributed by atoms with Gasteiger partial charge in [0.1, 0.15) is 6.17 Å². The molecule has 2 N–H and O–H groups in total. The second-order valence-electron chi connectivity index (χ2n) is 3.34. The van der Waals surface area contributed by atoms with E-state index >= 15 is 0 Å².